The maximum absolute atomic E-state index is 4.90. The van der Waals surface area contributed by atoms with Crippen LogP contribution < -0.4 is 5.32 Å². The number of nitrogens with one attached hydrogen (secondary N) is 3. The van der Waals surface area contributed by atoms with Crippen molar-refractivity contribution in [2.24, 2.45) is 0 Å². The van der Waals surface area contributed by atoms with Crippen LogP contribution in [-0.4, -0.2) is 41.7 Å². The number of fused-ring (bicyclic) bond motifs is 2. The lowest BCUT2D eigenvalue weighted by Gasteiger charge is -2.05. The first-order valence-electron chi connectivity index (χ1n) is 10.7. The van der Waals surface area contributed by atoms with E-state index in [-0.39, 0.29) is 0 Å². The van der Waals surface area contributed by atoms with Gasteiger partial charge in [0.25, 0.3) is 0 Å². The molecule has 0 radical (unpaired) electrons. The van der Waals surface area contributed by atoms with Crippen molar-refractivity contribution in [3.8, 4) is 33.9 Å². The Morgan fingerprint density at radius 3 is 2.82 bits per heavy atom. The summed E-state index contributed by atoms with van der Waals surface area (Å²) in [6, 6.07) is 6.23. The molecule has 6 heterocycles. The molecule has 0 atom stereocenters. The number of imidazole rings is 1. The molecular formula is C24H20N8S. The SMILES string of the molecule is CCNCc1cncc(-c2cc3c(-c4nc5c(-c6ccsc6)cncc5[nH]4)n[nH]c3cn2)c1. The minimum absolute atomic E-state index is 0.692. The molecule has 6 aromatic heterocycles. The summed E-state index contributed by atoms with van der Waals surface area (Å²) in [5.74, 6) is 0.692. The molecule has 3 N–H and O–H groups in total. The Balaban J connectivity index is 1.44. The van der Waals surface area contributed by atoms with Crippen molar-refractivity contribution >= 4 is 33.3 Å². The van der Waals surface area contributed by atoms with Crippen LogP contribution in [0.4, 0.5) is 0 Å². The minimum atomic E-state index is 0.692. The van der Waals surface area contributed by atoms with Gasteiger partial charge in [0.1, 0.15) is 11.2 Å². The summed E-state index contributed by atoms with van der Waals surface area (Å²) >= 11 is 1.65. The number of thiophene rings is 1. The predicted octanol–water partition coefficient (Wildman–Crippen LogP) is 4.80. The van der Waals surface area contributed by atoms with E-state index in [0.29, 0.717) is 5.82 Å². The number of pyridine rings is 3. The van der Waals surface area contributed by atoms with Crippen LogP contribution in [0, 0.1) is 0 Å². The van der Waals surface area contributed by atoms with Gasteiger partial charge in [0.05, 0.1) is 29.1 Å². The van der Waals surface area contributed by atoms with Gasteiger partial charge in [0.15, 0.2) is 5.82 Å². The van der Waals surface area contributed by atoms with Crippen LogP contribution in [0.5, 0.6) is 0 Å². The van der Waals surface area contributed by atoms with Crippen molar-refractivity contribution < 1.29 is 0 Å². The first kappa shape index (κ1) is 19.7. The molecule has 0 aliphatic rings. The van der Waals surface area contributed by atoms with E-state index >= 15 is 0 Å². The molecule has 9 heteroatoms. The summed E-state index contributed by atoms with van der Waals surface area (Å²) < 4.78 is 0. The minimum Gasteiger partial charge on any atom is -0.335 e. The smallest absolute Gasteiger partial charge is 0.159 e. The molecule has 0 bridgehead atoms. The molecule has 33 heavy (non-hydrogen) atoms. The summed E-state index contributed by atoms with van der Waals surface area (Å²) in [7, 11) is 0. The molecular weight excluding hydrogens is 432 g/mol. The molecule has 6 aromatic rings. The number of nitrogens with zero attached hydrogens (tertiary/aromatic N) is 5. The van der Waals surface area contributed by atoms with E-state index in [1.54, 1.807) is 23.7 Å². The van der Waals surface area contributed by atoms with E-state index in [0.717, 1.165) is 68.7 Å². The zero-order chi connectivity index (χ0) is 22.2. The highest BCUT2D eigenvalue weighted by molar-refractivity contribution is 7.08. The average molecular weight is 453 g/mol. The van der Waals surface area contributed by atoms with Crippen molar-refractivity contribution in [2.75, 3.05) is 6.54 Å². The molecule has 0 fully saturated rings. The van der Waals surface area contributed by atoms with E-state index in [4.69, 9.17) is 4.98 Å². The molecule has 0 saturated carbocycles. The summed E-state index contributed by atoms with van der Waals surface area (Å²) in [6.07, 6.45) is 9.17. The lowest BCUT2D eigenvalue weighted by molar-refractivity contribution is 0.724. The molecule has 0 unspecified atom stereocenters. The van der Waals surface area contributed by atoms with Gasteiger partial charge in [0.2, 0.25) is 0 Å². The standard InChI is InChI=1S/C24H20N8S/c1-2-25-7-14-5-16(9-26-8-14)19-6-17-20(12-28-19)31-32-23(17)24-29-21-11-27-10-18(22(21)30-24)15-3-4-33-13-15/h3-6,8-13,25H,2,7H2,1H3,(H,29,30)(H,31,32). The van der Waals surface area contributed by atoms with Gasteiger partial charge in [-0.1, -0.05) is 6.92 Å². The number of hydrogen-bond donors (Lipinski definition) is 3. The monoisotopic (exact) mass is 452 g/mol. The lowest BCUT2D eigenvalue weighted by atomic mass is 10.1. The second kappa shape index (κ2) is 8.19. The van der Waals surface area contributed by atoms with Gasteiger partial charge in [-0.25, -0.2) is 4.98 Å². The average Bonchev–Trinajstić information content (AvgIpc) is 3.61. The van der Waals surface area contributed by atoms with Gasteiger partial charge in [-0.2, -0.15) is 16.4 Å². The van der Waals surface area contributed by atoms with Crippen LogP contribution in [0.3, 0.4) is 0 Å². The molecule has 162 valence electrons. The predicted molar refractivity (Wildman–Crippen MR) is 131 cm³/mol. The Morgan fingerprint density at radius 2 is 1.94 bits per heavy atom. The Hall–Kier alpha value is -3.95. The number of aromatic nitrogens is 7. The first-order chi connectivity index (χ1) is 16.3. The number of rotatable bonds is 6. The van der Waals surface area contributed by atoms with E-state index < -0.39 is 0 Å². The molecule has 0 aliphatic carbocycles. The van der Waals surface area contributed by atoms with Gasteiger partial charge < -0.3 is 10.3 Å². The molecule has 0 amide bonds. The van der Waals surface area contributed by atoms with Gasteiger partial charge in [-0.3, -0.25) is 20.1 Å². The second-order valence-corrected chi connectivity index (χ2v) is 8.51. The topological polar surface area (TPSA) is 108 Å². The van der Waals surface area contributed by atoms with Gasteiger partial charge >= 0.3 is 0 Å². The fourth-order valence-corrected chi connectivity index (χ4v) is 4.58. The lowest BCUT2D eigenvalue weighted by Crippen LogP contribution is -2.11. The van der Waals surface area contributed by atoms with Crippen molar-refractivity contribution in [1.29, 1.82) is 0 Å². The third kappa shape index (κ3) is 3.57. The molecule has 6 rings (SSSR count). The molecule has 0 spiro atoms. The third-order valence-electron chi connectivity index (χ3n) is 5.57. The van der Waals surface area contributed by atoms with Crippen LogP contribution in [0.1, 0.15) is 12.5 Å². The zero-order valence-electron chi connectivity index (χ0n) is 17.8. The molecule has 0 aliphatic heterocycles. The first-order valence-corrected chi connectivity index (χ1v) is 11.6. The van der Waals surface area contributed by atoms with Crippen molar-refractivity contribution in [2.45, 2.75) is 13.5 Å². The Bertz CT molecular complexity index is 1560. The highest BCUT2D eigenvalue weighted by Gasteiger charge is 2.16. The number of H-pyrrole nitrogens is 2. The number of hydrogen-bond acceptors (Lipinski definition) is 7. The normalized spacial score (nSPS) is 11.5. The Labute approximate surface area is 193 Å². The molecule has 8 nitrogen and oxygen atoms in total. The van der Waals surface area contributed by atoms with Crippen LogP contribution in [-0.2, 0) is 6.54 Å². The summed E-state index contributed by atoms with van der Waals surface area (Å²) in [5, 5.41) is 16.1. The van der Waals surface area contributed by atoms with Gasteiger partial charge in [0, 0.05) is 41.6 Å². The van der Waals surface area contributed by atoms with Gasteiger partial charge in [-0.05, 0) is 46.6 Å². The van der Waals surface area contributed by atoms with Crippen LogP contribution in [0.25, 0.3) is 55.8 Å². The summed E-state index contributed by atoms with van der Waals surface area (Å²) in [5.41, 5.74) is 8.39. The largest absolute Gasteiger partial charge is 0.335 e. The Kier molecular flexibility index (Phi) is 4.89. The van der Waals surface area contributed by atoms with Crippen molar-refractivity contribution in [1.82, 2.24) is 40.4 Å². The summed E-state index contributed by atoms with van der Waals surface area (Å²) in [4.78, 5) is 21.7. The number of aromatic amines is 2. The summed E-state index contributed by atoms with van der Waals surface area (Å²) in [6.45, 7) is 3.77. The van der Waals surface area contributed by atoms with E-state index in [1.807, 2.05) is 24.7 Å². The van der Waals surface area contributed by atoms with Gasteiger partial charge in [-0.15, -0.1) is 0 Å². The van der Waals surface area contributed by atoms with Crippen molar-refractivity contribution in [3.63, 3.8) is 0 Å². The maximum Gasteiger partial charge on any atom is 0.159 e. The quantitative estimate of drug-likeness (QED) is 0.335. The van der Waals surface area contributed by atoms with Crippen LogP contribution in [0.15, 0.2) is 59.9 Å². The van der Waals surface area contributed by atoms with E-state index in [1.165, 1.54) is 0 Å². The fraction of sp³-hybridized carbons (Fsp3) is 0.125. The van der Waals surface area contributed by atoms with Crippen LogP contribution in [0.2, 0.25) is 0 Å². The second-order valence-electron chi connectivity index (χ2n) is 7.73. The highest BCUT2D eigenvalue weighted by atomic mass is 32.1. The molecule has 0 aromatic carbocycles. The third-order valence-corrected chi connectivity index (χ3v) is 6.25. The Morgan fingerprint density at radius 1 is 1.00 bits per heavy atom. The molecule has 0 saturated heterocycles. The van der Waals surface area contributed by atoms with Crippen LogP contribution >= 0.6 is 11.3 Å². The van der Waals surface area contributed by atoms with E-state index in [9.17, 15) is 0 Å². The van der Waals surface area contributed by atoms with Crippen molar-refractivity contribution in [3.05, 3.63) is 65.5 Å². The highest BCUT2D eigenvalue weighted by Crippen LogP contribution is 2.32. The zero-order valence-corrected chi connectivity index (χ0v) is 18.6. The van der Waals surface area contributed by atoms with E-state index in [2.05, 4.69) is 65.3 Å². The maximum atomic E-state index is 4.90. The fourth-order valence-electron chi connectivity index (χ4n) is 3.92.